The lowest BCUT2D eigenvalue weighted by atomic mass is 9.83. The molecule has 33 heavy (non-hydrogen) atoms. The molecule has 1 amide bonds. The van der Waals surface area contributed by atoms with Gasteiger partial charge in [-0.25, -0.2) is 9.97 Å². The number of likely N-dealkylation sites (N-methyl/N-ethyl adjacent to an activating group) is 1. The smallest absolute Gasteiger partial charge is 0.263 e. The Morgan fingerprint density at radius 1 is 1.15 bits per heavy atom. The van der Waals surface area contributed by atoms with E-state index in [9.17, 15) is 4.79 Å². The molecule has 3 heterocycles. The van der Waals surface area contributed by atoms with Crippen LogP contribution in [0.3, 0.4) is 0 Å². The van der Waals surface area contributed by atoms with Crippen molar-refractivity contribution in [2.24, 2.45) is 0 Å². The van der Waals surface area contributed by atoms with E-state index >= 15 is 0 Å². The van der Waals surface area contributed by atoms with Crippen molar-refractivity contribution in [3.05, 3.63) is 69.3 Å². The van der Waals surface area contributed by atoms with Crippen LogP contribution in [0.4, 0.5) is 17.3 Å². The first kappa shape index (κ1) is 22.5. The van der Waals surface area contributed by atoms with Gasteiger partial charge in [-0.05, 0) is 62.7 Å². The van der Waals surface area contributed by atoms with Crippen molar-refractivity contribution in [3.63, 3.8) is 0 Å². The number of aromatic nitrogens is 2. The highest BCUT2D eigenvalue weighted by Crippen LogP contribution is 2.40. The number of nitrogens with zero attached hydrogens (tertiary/aromatic N) is 4. The van der Waals surface area contributed by atoms with Crippen LogP contribution in [-0.4, -0.2) is 40.2 Å². The Balaban J connectivity index is 1.39. The van der Waals surface area contributed by atoms with Crippen LogP contribution in [0.2, 0.25) is 10.0 Å². The van der Waals surface area contributed by atoms with E-state index in [1.165, 1.54) is 22.9 Å². The van der Waals surface area contributed by atoms with Gasteiger partial charge >= 0.3 is 0 Å². The monoisotopic (exact) mass is 499 g/mol. The third-order valence-corrected chi connectivity index (χ3v) is 8.04. The number of nitrogens with one attached hydrogen (secondary N) is 1. The molecular formula is C24H23Cl2N5OS. The van der Waals surface area contributed by atoms with Crippen molar-refractivity contribution in [2.75, 3.05) is 29.7 Å². The third kappa shape index (κ3) is 3.97. The van der Waals surface area contributed by atoms with E-state index in [2.05, 4.69) is 59.3 Å². The molecule has 1 N–H and O–H groups in total. The van der Waals surface area contributed by atoms with Gasteiger partial charge in [0.1, 0.15) is 5.03 Å². The molecule has 2 aromatic carbocycles. The number of rotatable bonds is 3. The molecule has 5 rings (SSSR count). The summed E-state index contributed by atoms with van der Waals surface area (Å²) in [6.07, 6.45) is 2.56. The lowest BCUT2D eigenvalue weighted by molar-refractivity contribution is 0.0985. The molecule has 0 atom stereocenters. The molecule has 6 nitrogen and oxygen atoms in total. The van der Waals surface area contributed by atoms with E-state index in [0.29, 0.717) is 38.1 Å². The molecule has 170 valence electrons. The number of halogens is 2. The molecule has 0 aliphatic carbocycles. The van der Waals surface area contributed by atoms with Crippen molar-refractivity contribution < 1.29 is 4.79 Å². The predicted molar refractivity (Wildman–Crippen MR) is 135 cm³/mol. The Kier molecular flexibility index (Phi) is 5.77. The van der Waals surface area contributed by atoms with Gasteiger partial charge in [0.05, 0.1) is 27.2 Å². The van der Waals surface area contributed by atoms with Crippen molar-refractivity contribution in [1.82, 2.24) is 14.9 Å². The van der Waals surface area contributed by atoms with Gasteiger partial charge in [0.15, 0.2) is 0 Å². The minimum atomic E-state index is -0.217. The number of amides is 1. The molecule has 0 spiro atoms. The average molecular weight is 500 g/mol. The number of para-hydroxylation sites is 1. The topological polar surface area (TPSA) is 61.4 Å². The van der Waals surface area contributed by atoms with Crippen LogP contribution in [-0.2, 0) is 12.0 Å². The van der Waals surface area contributed by atoms with E-state index in [0.717, 1.165) is 18.7 Å². The first-order chi connectivity index (χ1) is 15.8. The lowest BCUT2D eigenvalue weighted by Gasteiger charge is -2.41. The zero-order chi connectivity index (χ0) is 23.3. The fourth-order valence-corrected chi connectivity index (χ4v) is 5.85. The second-order valence-corrected chi connectivity index (χ2v) is 10.5. The second-order valence-electron chi connectivity index (χ2n) is 8.72. The predicted octanol–water partition coefficient (Wildman–Crippen LogP) is 5.96. The minimum Gasteiger partial charge on any atom is -0.324 e. The van der Waals surface area contributed by atoms with Gasteiger partial charge in [-0.2, -0.15) is 0 Å². The number of hydrogen-bond acceptors (Lipinski definition) is 6. The molecule has 1 aromatic heterocycles. The molecule has 0 unspecified atom stereocenters. The summed E-state index contributed by atoms with van der Waals surface area (Å²) in [6.45, 7) is 5.51. The van der Waals surface area contributed by atoms with Crippen LogP contribution < -0.4 is 10.2 Å². The number of fused-ring (bicyclic) bond motifs is 2. The molecule has 0 saturated heterocycles. The van der Waals surface area contributed by atoms with Gasteiger partial charge in [-0.15, -0.1) is 0 Å². The largest absolute Gasteiger partial charge is 0.324 e. The Bertz CT molecular complexity index is 1250. The molecule has 0 saturated carbocycles. The number of benzene rings is 2. The van der Waals surface area contributed by atoms with E-state index in [-0.39, 0.29) is 11.4 Å². The molecule has 2 aliphatic rings. The summed E-state index contributed by atoms with van der Waals surface area (Å²) in [7, 11) is 2.16. The van der Waals surface area contributed by atoms with Crippen LogP contribution in [0.25, 0.3) is 0 Å². The highest BCUT2D eigenvalue weighted by molar-refractivity contribution is 7.99. The number of carbonyl (C=O) groups is 1. The molecule has 2 aliphatic heterocycles. The number of thioether (sulfide) groups is 1. The van der Waals surface area contributed by atoms with Gasteiger partial charge in [0, 0.05) is 24.0 Å². The zero-order valence-corrected chi connectivity index (χ0v) is 20.9. The van der Waals surface area contributed by atoms with Crippen molar-refractivity contribution >= 4 is 58.2 Å². The Labute approximate surface area is 207 Å². The minimum absolute atomic E-state index is 0.00184. The van der Waals surface area contributed by atoms with Gasteiger partial charge in [0.2, 0.25) is 5.95 Å². The lowest BCUT2D eigenvalue weighted by Crippen LogP contribution is -2.43. The Morgan fingerprint density at radius 2 is 1.91 bits per heavy atom. The van der Waals surface area contributed by atoms with Crippen molar-refractivity contribution in [3.8, 4) is 0 Å². The van der Waals surface area contributed by atoms with E-state index in [1.807, 2.05) is 0 Å². The normalized spacial score (nSPS) is 17.5. The van der Waals surface area contributed by atoms with E-state index < -0.39 is 0 Å². The van der Waals surface area contributed by atoms with Crippen molar-refractivity contribution in [2.45, 2.75) is 30.8 Å². The third-order valence-electron chi connectivity index (χ3n) is 6.46. The van der Waals surface area contributed by atoms with Crippen LogP contribution in [0.1, 0.15) is 35.3 Å². The van der Waals surface area contributed by atoms with Gasteiger partial charge in [-0.3, -0.25) is 14.6 Å². The molecule has 0 bridgehead atoms. The highest BCUT2D eigenvalue weighted by Gasteiger charge is 2.32. The molecule has 9 heteroatoms. The first-order valence-electron chi connectivity index (χ1n) is 10.6. The van der Waals surface area contributed by atoms with Crippen LogP contribution in [0.15, 0.2) is 47.6 Å². The SMILES string of the molecule is CN1CCc2cc(Nc3ncc4c(n3)SCN(c3c(Cl)cccc3Cl)C4=O)ccc2C1(C)C. The fraction of sp³-hybridized carbons (Fsp3) is 0.292. The summed E-state index contributed by atoms with van der Waals surface area (Å²) in [5.74, 6) is 0.614. The maximum atomic E-state index is 13.1. The average Bonchev–Trinajstić information content (AvgIpc) is 2.78. The number of carbonyl (C=O) groups excluding carboxylic acids is 1. The summed E-state index contributed by atoms with van der Waals surface area (Å²) in [6, 6.07) is 11.6. The maximum Gasteiger partial charge on any atom is 0.263 e. The standard InChI is InChI=1S/C24H23Cl2N5OS/c1-24(2)17-8-7-15(11-14(17)9-10-30(24)3)28-23-27-12-16-21(29-23)33-13-31(22(16)32)20-18(25)5-4-6-19(20)26/h4-8,11-12H,9-10,13H2,1-3H3,(H,27,28,29). The Hall–Kier alpha value is -2.32. The van der Waals surface area contributed by atoms with Crippen LogP contribution >= 0.6 is 35.0 Å². The van der Waals surface area contributed by atoms with Crippen LogP contribution in [0, 0.1) is 0 Å². The zero-order valence-electron chi connectivity index (χ0n) is 18.5. The maximum absolute atomic E-state index is 13.1. The first-order valence-corrected chi connectivity index (χ1v) is 12.4. The fourth-order valence-electron chi connectivity index (χ4n) is 4.30. The van der Waals surface area contributed by atoms with E-state index in [1.54, 1.807) is 29.3 Å². The summed E-state index contributed by atoms with van der Waals surface area (Å²) in [5.41, 5.74) is 4.55. The Morgan fingerprint density at radius 3 is 2.67 bits per heavy atom. The van der Waals surface area contributed by atoms with Crippen molar-refractivity contribution in [1.29, 1.82) is 0 Å². The van der Waals surface area contributed by atoms with Gasteiger partial charge in [0.25, 0.3) is 5.91 Å². The van der Waals surface area contributed by atoms with Crippen LogP contribution in [0.5, 0.6) is 0 Å². The number of anilines is 3. The number of hydrogen-bond donors (Lipinski definition) is 1. The van der Waals surface area contributed by atoms with E-state index in [4.69, 9.17) is 23.2 Å². The summed E-state index contributed by atoms with van der Waals surface area (Å²) in [5, 5.41) is 4.80. The quantitative estimate of drug-likeness (QED) is 0.448. The van der Waals surface area contributed by atoms with Gasteiger partial charge in [-0.1, -0.05) is 47.1 Å². The van der Waals surface area contributed by atoms with Gasteiger partial charge < -0.3 is 5.32 Å². The second kappa shape index (κ2) is 8.47. The molecule has 0 radical (unpaired) electrons. The highest BCUT2D eigenvalue weighted by atomic mass is 35.5. The summed E-state index contributed by atoms with van der Waals surface area (Å²) in [4.78, 5) is 26.1. The molecular weight excluding hydrogens is 477 g/mol. The molecule has 3 aromatic rings. The summed E-state index contributed by atoms with van der Waals surface area (Å²) >= 11 is 14.1. The summed E-state index contributed by atoms with van der Waals surface area (Å²) < 4.78 is 0. The molecule has 0 fully saturated rings.